The van der Waals surface area contributed by atoms with Crippen LogP contribution in [0.15, 0.2) is 6.20 Å². The van der Waals surface area contributed by atoms with Gasteiger partial charge >= 0.3 is 5.82 Å². The van der Waals surface area contributed by atoms with Gasteiger partial charge in [0.05, 0.1) is 6.61 Å². The Morgan fingerprint density at radius 2 is 2.05 bits per heavy atom. The zero-order chi connectivity index (χ0) is 15.0. The molecule has 1 aromatic heterocycles. The average Bonchev–Trinajstić information content (AvgIpc) is 2.79. The van der Waals surface area contributed by atoms with Crippen LogP contribution in [0, 0.1) is 17.0 Å². The van der Waals surface area contributed by atoms with Gasteiger partial charge in [0.15, 0.2) is 6.23 Å². The van der Waals surface area contributed by atoms with E-state index in [0.29, 0.717) is 0 Å². The summed E-state index contributed by atoms with van der Waals surface area (Å²) in [6.07, 6.45) is -5.76. The zero-order valence-electron chi connectivity index (χ0n) is 10.5. The number of imidazole rings is 1. The van der Waals surface area contributed by atoms with E-state index < -0.39 is 48.0 Å². The number of aliphatic hydroxyl groups excluding tert-OH is 4. The van der Waals surface area contributed by atoms with Crippen molar-refractivity contribution >= 4 is 5.82 Å². The van der Waals surface area contributed by atoms with Crippen molar-refractivity contribution in [2.24, 2.45) is 0 Å². The first-order valence-corrected chi connectivity index (χ1v) is 5.87. The van der Waals surface area contributed by atoms with Gasteiger partial charge in [-0.25, -0.2) is 0 Å². The Kier molecular flexibility index (Phi) is 4.01. The summed E-state index contributed by atoms with van der Waals surface area (Å²) in [5.74, 6) is -0.236. The summed E-state index contributed by atoms with van der Waals surface area (Å²) >= 11 is 0. The Bertz CT molecular complexity index is 503. The van der Waals surface area contributed by atoms with Crippen LogP contribution < -0.4 is 0 Å². The van der Waals surface area contributed by atoms with Gasteiger partial charge in [-0.05, 0) is 9.91 Å². The molecule has 1 aromatic rings. The third-order valence-electron chi connectivity index (χ3n) is 3.23. The van der Waals surface area contributed by atoms with Gasteiger partial charge in [-0.15, -0.1) is 0 Å². The van der Waals surface area contributed by atoms with Crippen molar-refractivity contribution in [2.75, 3.05) is 6.61 Å². The lowest BCUT2D eigenvalue weighted by Gasteiger charge is -2.40. The average molecular weight is 289 g/mol. The maximum absolute atomic E-state index is 10.7. The Hall–Kier alpha value is -1.59. The molecular formula is C10H15N3O7. The van der Waals surface area contributed by atoms with E-state index in [1.165, 1.54) is 11.5 Å². The van der Waals surface area contributed by atoms with Crippen LogP contribution in [-0.4, -0.2) is 65.9 Å². The first-order valence-electron chi connectivity index (χ1n) is 5.87. The lowest BCUT2D eigenvalue weighted by atomic mass is 9.98. The van der Waals surface area contributed by atoms with Crippen molar-refractivity contribution in [1.82, 2.24) is 9.55 Å². The second-order valence-electron chi connectivity index (χ2n) is 4.53. The highest BCUT2D eigenvalue weighted by Gasteiger charge is 2.45. The van der Waals surface area contributed by atoms with Crippen LogP contribution in [0.5, 0.6) is 0 Å². The lowest BCUT2D eigenvalue weighted by Crippen LogP contribution is -2.56. The van der Waals surface area contributed by atoms with Gasteiger partial charge in [0.25, 0.3) is 0 Å². The molecule has 4 N–H and O–H groups in total. The number of aliphatic hydroxyl groups is 4. The smallest absolute Gasteiger partial charge is 0.381 e. The monoisotopic (exact) mass is 289 g/mol. The molecule has 0 radical (unpaired) electrons. The number of aromatic nitrogens is 2. The van der Waals surface area contributed by atoms with Crippen molar-refractivity contribution in [3.05, 3.63) is 22.1 Å². The predicted octanol–water partition coefficient (Wildman–Crippen LogP) is -1.93. The topological polar surface area (TPSA) is 151 Å². The largest absolute Gasteiger partial charge is 0.394 e. The summed E-state index contributed by atoms with van der Waals surface area (Å²) in [6.45, 7) is 0.895. The highest BCUT2D eigenvalue weighted by Crippen LogP contribution is 2.30. The first kappa shape index (κ1) is 14.8. The predicted molar refractivity (Wildman–Crippen MR) is 62.6 cm³/mol. The fourth-order valence-electron chi connectivity index (χ4n) is 2.13. The second kappa shape index (κ2) is 5.42. The van der Waals surface area contributed by atoms with Gasteiger partial charge in [-0.2, -0.15) is 0 Å². The standard InChI is InChI=1S/C10H15N3O7/c1-4-11-6(13(18)19)2-12(4)10-9(17)8(16)7(15)5(3-14)20-10/h2,5,7-10,14-17H,3H2,1H3/t5-,7-,8+,9-,10-/m1/s1. The highest BCUT2D eigenvalue weighted by atomic mass is 16.6. The Morgan fingerprint density at radius 3 is 2.55 bits per heavy atom. The molecule has 1 saturated heterocycles. The summed E-state index contributed by atoms with van der Waals surface area (Å²) in [5.41, 5.74) is 0. The van der Waals surface area contributed by atoms with Gasteiger partial charge in [0.2, 0.25) is 5.82 Å². The van der Waals surface area contributed by atoms with Crippen LogP contribution in [0.25, 0.3) is 0 Å². The molecule has 0 aliphatic carbocycles. The molecule has 2 rings (SSSR count). The molecule has 10 heteroatoms. The van der Waals surface area contributed by atoms with E-state index in [1.807, 2.05) is 0 Å². The van der Waals surface area contributed by atoms with Crippen LogP contribution in [-0.2, 0) is 4.74 Å². The van der Waals surface area contributed by atoms with Crippen LogP contribution in [0.1, 0.15) is 12.1 Å². The number of hydrogen-bond acceptors (Lipinski definition) is 8. The van der Waals surface area contributed by atoms with E-state index in [9.17, 15) is 25.4 Å². The van der Waals surface area contributed by atoms with Gasteiger partial charge in [0.1, 0.15) is 30.6 Å². The molecule has 0 amide bonds. The molecule has 1 aliphatic rings. The Labute approximate surface area is 113 Å². The number of nitrogens with zero attached hydrogens (tertiary/aromatic N) is 3. The molecule has 112 valence electrons. The SMILES string of the molecule is Cc1nc([N+](=O)[O-])cn1[C@@H]1O[C@H](CO)[C@@H](O)[C@H](O)[C@H]1O. The molecule has 0 unspecified atom stereocenters. The number of ether oxygens (including phenoxy) is 1. The second-order valence-corrected chi connectivity index (χ2v) is 4.53. The van der Waals surface area contributed by atoms with Gasteiger partial charge in [-0.3, -0.25) is 4.57 Å². The third-order valence-corrected chi connectivity index (χ3v) is 3.23. The van der Waals surface area contributed by atoms with Crippen molar-refractivity contribution in [2.45, 2.75) is 37.6 Å². The van der Waals surface area contributed by atoms with Crippen molar-refractivity contribution in [1.29, 1.82) is 0 Å². The van der Waals surface area contributed by atoms with E-state index in [0.717, 1.165) is 6.20 Å². The normalized spacial score (nSPS) is 34.1. The van der Waals surface area contributed by atoms with Gasteiger partial charge < -0.3 is 35.3 Å². The summed E-state index contributed by atoms with van der Waals surface area (Å²) < 4.78 is 6.46. The first-order chi connectivity index (χ1) is 9.36. The molecule has 0 bridgehead atoms. The number of hydrogen-bond donors (Lipinski definition) is 4. The highest BCUT2D eigenvalue weighted by molar-refractivity contribution is 5.17. The summed E-state index contributed by atoms with van der Waals surface area (Å²) in [7, 11) is 0. The van der Waals surface area contributed by atoms with E-state index in [4.69, 9.17) is 9.84 Å². The zero-order valence-corrected chi connectivity index (χ0v) is 10.5. The quantitative estimate of drug-likeness (QED) is 0.371. The molecular weight excluding hydrogens is 274 g/mol. The molecule has 0 aromatic carbocycles. The van der Waals surface area contributed by atoms with Gasteiger partial charge in [-0.1, -0.05) is 0 Å². The Morgan fingerprint density at radius 1 is 1.40 bits per heavy atom. The fraction of sp³-hybridized carbons (Fsp3) is 0.700. The van der Waals surface area contributed by atoms with Crippen LogP contribution in [0.4, 0.5) is 5.82 Å². The van der Waals surface area contributed by atoms with Crippen molar-refractivity contribution in [3.63, 3.8) is 0 Å². The van der Waals surface area contributed by atoms with Crippen LogP contribution in [0.2, 0.25) is 0 Å². The minimum atomic E-state index is -1.55. The molecule has 10 nitrogen and oxygen atoms in total. The van der Waals surface area contributed by atoms with E-state index in [-0.39, 0.29) is 5.82 Å². The van der Waals surface area contributed by atoms with Gasteiger partial charge in [0, 0.05) is 6.92 Å². The van der Waals surface area contributed by atoms with Crippen LogP contribution in [0.3, 0.4) is 0 Å². The minimum absolute atomic E-state index is 0.195. The van der Waals surface area contributed by atoms with Crippen molar-refractivity contribution in [3.8, 4) is 0 Å². The summed E-state index contributed by atoms with van der Waals surface area (Å²) in [4.78, 5) is 13.6. The molecule has 1 fully saturated rings. The molecule has 1 aliphatic heterocycles. The molecule has 0 spiro atoms. The summed E-state index contributed by atoms with van der Waals surface area (Å²) in [6, 6.07) is 0. The third kappa shape index (κ3) is 2.39. The number of aryl methyl sites for hydroxylation is 1. The maximum atomic E-state index is 10.7. The van der Waals surface area contributed by atoms with E-state index in [1.54, 1.807) is 0 Å². The molecule has 20 heavy (non-hydrogen) atoms. The van der Waals surface area contributed by atoms with E-state index >= 15 is 0 Å². The molecule has 2 heterocycles. The summed E-state index contributed by atoms with van der Waals surface area (Å²) in [5, 5.41) is 49.0. The fourth-order valence-corrected chi connectivity index (χ4v) is 2.13. The van der Waals surface area contributed by atoms with E-state index in [2.05, 4.69) is 4.98 Å². The number of nitro groups is 1. The molecule has 0 saturated carbocycles. The molecule has 5 atom stereocenters. The lowest BCUT2D eigenvalue weighted by molar-refractivity contribution is -0.389. The van der Waals surface area contributed by atoms with Crippen LogP contribution >= 0.6 is 0 Å². The maximum Gasteiger partial charge on any atom is 0.381 e. The number of rotatable bonds is 3. The minimum Gasteiger partial charge on any atom is -0.394 e. The van der Waals surface area contributed by atoms with Crippen molar-refractivity contribution < 1.29 is 30.1 Å². The Balaban J connectivity index is 2.33.